The fraction of sp³-hybridized carbons (Fsp3) is 0.667. The molecule has 0 aliphatic carbocycles. The molecule has 0 spiro atoms. The largest absolute Gasteiger partial charge is 0.308 e. The van der Waals surface area contributed by atoms with Gasteiger partial charge in [-0.3, -0.25) is 0 Å². The van der Waals surface area contributed by atoms with Crippen molar-refractivity contribution in [1.82, 2.24) is 5.32 Å². The van der Waals surface area contributed by atoms with Crippen LogP contribution in [0.5, 0.6) is 0 Å². The molecule has 1 N–H and O–H groups in total. The molecule has 1 aliphatic rings. The smallest absolute Gasteiger partial charge is 0.0417 e. The van der Waals surface area contributed by atoms with Crippen LogP contribution in [-0.2, 0) is 5.54 Å². The van der Waals surface area contributed by atoms with Gasteiger partial charge in [0.15, 0.2) is 0 Å². The first-order valence-corrected chi connectivity index (χ1v) is 6.40. The monoisotopic (exact) mass is 209 g/mol. The molecule has 1 atom stereocenters. The Bertz CT molecular complexity index is 295. The molecule has 78 valence electrons. The minimum absolute atomic E-state index is 0.237. The first-order chi connectivity index (χ1) is 6.72. The van der Waals surface area contributed by atoms with Crippen LogP contribution in [0, 0.1) is 6.92 Å². The van der Waals surface area contributed by atoms with E-state index in [1.807, 2.05) is 11.3 Å². The molecule has 0 bridgehead atoms. The maximum atomic E-state index is 3.71. The third-order valence-corrected chi connectivity index (χ3v) is 4.17. The Morgan fingerprint density at radius 2 is 2.21 bits per heavy atom. The summed E-state index contributed by atoms with van der Waals surface area (Å²) in [6, 6.07) is 2.29. The van der Waals surface area contributed by atoms with Crippen LogP contribution < -0.4 is 5.32 Å². The number of hydrogen-bond donors (Lipinski definition) is 1. The number of hydrogen-bond acceptors (Lipinski definition) is 2. The van der Waals surface area contributed by atoms with Gasteiger partial charge in [0.2, 0.25) is 0 Å². The van der Waals surface area contributed by atoms with Gasteiger partial charge in [-0.25, -0.2) is 0 Å². The highest BCUT2D eigenvalue weighted by Crippen LogP contribution is 2.33. The molecule has 2 rings (SSSR count). The fourth-order valence-corrected chi connectivity index (χ4v) is 3.25. The van der Waals surface area contributed by atoms with Crippen molar-refractivity contribution in [2.24, 2.45) is 0 Å². The Kier molecular flexibility index (Phi) is 2.93. The lowest BCUT2D eigenvalue weighted by molar-refractivity contribution is 0.359. The van der Waals surface area contributed by atoms with Crippen molar-refractivity contribution in [3.63, 3.8) is 0 Å². The van der Waals surface area contributed by atoms with Crippen LogP contribution in [-0.4, -0.2) is 6.54 Å². The molecular weight excluding hydrogens is 190 g/mol. The van der Waals surface area contributed by atoms with Crippen molar-refractivity contribution in [2.45, 2.75) is 45.1 Å². The lowest BCUT2D eigenvalue weighted by Gasteiger charge is -2.29. The van der Waals surface area contributed by atoms with E-state index < -0.39 is 0 Å². The van der Waals surface area contributed by atoms with Crippen molar-refractivity contribution in [3.05, 3.63) is 21.9 Å². The summed E-state index contributed by atoms with van der Waals surface area (Å²) in [6.07, 6.45) is 5.36. The normalized spacial score (nSPS) is 28.7. The van der Waals surface area contributed by atoms with Gasteiger partial charge in [0.25, 0.3) is 0 Å². The number of rotatable bonds is 1. The van der Waals surface area contributed by atoms with Gasteiger partial charge < -0.3 is 5.32 Å². The van der Waals surface area contributed by atoms with E-state index in [1.54, 1.807) is 0 Å². The van der Waals surface area contributed by atoms with Crippen molar-refractivity contribution in [3.8, 4) is 0 Å². The summed E-state index contributed by atoms with van der Waals surface area (Å²) in [6.45, 7) is 5.76. The summed E-state index contributed by atoms with van der Waals surface area (Å²) < 4.78 is 0. The molecule has 1 nitrogen and oxygen atoms in total. The summed E-state index contributed by atoms with van der Waals surface area (Å²) in [5, 5.41) is 5.92. The van der Waals surface area contributed by atoms with Gasteiger partial charge in [-0.2, -0.15) is 0 Å². The molecule has 2 heteroatoms. The highest BCUT2D eigenvalue weighted by Gasteiger charge is 2.28. The molecular formula is C12H19NS. The third-order valence-electron chi connectivity index (χ3n) is 3.32. The summed E-state index contributed by atoms with van der Waals surface area (Å²) in [4.78, 5) is 1.47. The molecule has 1 aromatic heterocycles. The van der Waals surface area contributed by atoms with Gasteiger partial charge in [0.05, 0.1) is 0 Å². The fourth-order valence-electron chi connectivity index (χ4n) is 2.42. The summed E-state index contributed by atoms with van der Waals surface area (Å²) >= 11 is 1.86. The summed E-state index contributed by atoms with van der Waals surface area (Å²) in [7, 11) is 0. The second kappa shape index (κ2) is 4.03. The molecule has 0 radical (unpaired) electrons. The van der Waals surface area contributed by atoms with E-state index in [2.05, 4.69) is 30.6 Å². The van der Waals surface area contributed by atoms with Gasteiger partial charge in [0, 0.05) is 10.4 Å². The summed E-state index contributed by atoms with van der Waals surface area (Å²) in [5.41, 5.74) is 1.75. The lowest BCUT2D eigenvalue weighted by Crippen LogP contribution is -2.38. The Morgan fingerprint density at radius 3 is 2.93 bits per heavy atom. The van der Waals surface area contributed by atoms with Gasteiger partial charge >= 0.3 is 0 Å². The van der Waals surface area contributed by atoms with E-state index in [0.717, 1.165) is 0 Å². The highest BCUT2D eigenvalue weighted by molar-refractivity contribution is 7.10. The lowest BCUT2D eigenvalue weighted by atomic mass is 9.88. The molecule has 14 heavy (non-hydrogen) atoms. The van der Waals surface area contributed by atoms with Crippen LogP contribution in [0.4, 0.5) is 0 Å². The highest BCUT2D eigenvalue weighted by atomic mass is 32.1. The second-order valence-corrected chi connectivity index (χ2v) is 5.58. The molecule has 1 aromatic rings. The number of aryl methyl sites for hydroxylation is 1. The van der Waals surface area contributed by atoms with Gasteiger partial charge in [0.1, 0.15) is 0 Å². The molecule has 0 amide bonds. The number of thiophene rings is 1. The quantitative estimate of drug-likeness (QED) is 0.747. The van der Waals surface area contributed by atoms with E-state index in [0.29, 0.717) is 0 Å². The van der Waals surface area contributed by atoms with E-state index in [4.69, 9.17) is 0 Å². The van der Waals surface area contributed by atoms with Crippen molar-refractivity contribution >= 4 is 11.3 Å². The number of nitrogens with one attached hydrogen (secondary N) is 1. The SMILES string of the molecule is Cc1sccc1C1(C)CCCCCN1. The predicted molar refractivity (Wildman–Crippen MR) is 62.9 cm³/mol. The third kappa shape index (κ3) is 1.86. The van der Waals surface area contributed by atoms with Crippen molar-refractivity contribution in [1.29, 1.82) is 0 Å². The van der Waals surface area contributed by atoms with E-state index in [9.17, 15) is 0 Å². The maximum Gasteiger partial charge on any atom is 0.0417 e. The molecule has 2 heterocycles. The minimum Gasteiger partial charge on any atom is -0.308 e. The van der Waals surface area contributed by atoms with Crippen molar-refractivity contribution < 1.29 is 0 Å². The molecule has 1 aliphatic heterocycles. The van der Waals surface area contributed by atoms with Gasteiger partial charge in [-0.1, -0.05) is 12.8 Å². The van der Waals surface area contributed by atoms with Crippen LogP contribution in [0.25, 0.3) is 0 Å². The van der Waals surface area contributed by atoms with Crippen LogP contribution in [0.1, 0.15) is 43.0 Å². The van der Waals surface area contributed by atoms with E-state index in [1.165, 1.54) is 42.7 Å². The first-order valence-electron chi connectivity index (χ1n) is 5.52. The standard InChI is InChI=1S/C12H19NS/c1-10-11(6-9-14-10)12(2)7-4-3-5-8-13-12/h6,9,13H,3-5,7-8H2,1-2H3. The average Bonchev–Trinajstić information content (AvgIpc) is 2.46. The predicted octanol–water partition coefficient (Wildman–Crippen LogP) is 3.44. The van der Waals surface area contributed by atoms with E-state index >= 15 is 0 Å². The Hall–Kier alpha value is -0.340. The minimum atomic E-state index is 0.237. The van der Waals surface area contributed by atoms with Gasteiger partial charge in [-0.15, -0.1) is 11.3 Å². The molecule has 1 fully saturated rings. The maximum absolute atomic E-state index is 3.71. The summed E-state index contributed by atoms with van der Waals surface area (Å²) in [5.74, 6) is 0. The Morgan fingerprint density at radius 1 is 1.36 bits per heavy atom. The van der Waals surface area contributed by atoms with Crippen molar-refractivity contribution in [2.75, 3.05) is 6.54 Å². The zero-order chi connectivity index (χ0) is 10.0. The van der Waals surface area contributed by atoms with E-state index in [-0.39, 0.29) is 5.54 Å². The second-order valence-electron chi connectivity index (χ2n) is 4.46. The first kappa shape index (κ1) is 10.2. The molecule has 0 aromatic carbocycles. The average molecular weight is 209 g/mol. The molecule has 0 saturated carbocycles. The molecule has 1 saturated heterocycles. The van der Waals surface area contributed by atoms with Crippen LogP contribution in [0.2, 0.25) is 0 Å². The Labute approximate surface area is 90.5 Å². The van der Waals surface area contributed by atoms with Crippen LogP contribution in [0.3, 0.4) is 0 Å². The zero-order valence-corrected chi connectivity index (χ0v) is 9.91. The zero-order valence-electron chi connectivity index (χ0n) is 9.10. The molecule has 1 unspecified atom stereocenters. The van der Waals surface area contributed by atoms with Crippen LogP contribution in [0.15, 0.2) is 11.4 Å². The van der Waals surface area contributed by atoms with Crippen LogP contribution >= 0.6 is 11.3 Å². The Balaban J connectivity index is 2.25. The van der Waals surface area contributed by atoms with Gasteiger partial charge in [-0.05, 0) is 50.2 Å². The topological polar surface area (TPSA) is 12.0 Å².